The van der Waals surface area contributed by atoms with E-state index in [2.05, 4.69) is 0 Å². The first-order valence-corrected chi connectivity index (χ1v) is 6.45. The van der Waals surface area contributed by atoms with Gasteiger partial charge in [0.25, 0.3) is 0 Å². The van der Waals surface area contributed by atoms with E-state index in [0.717, 1.165) is 0 Å². The number of hydrogen-bond acceptors (Lipinski definition) is 1. The second-order valence-corrected chi connectivity index (χ2v) is 4.28. The Morgan fingerprint density at radius 2 is 1.88 bits per heavy atom. The molecule has 1 nitrogen and oxygen atoms in total. The lowest BCUT2D eigenvalue weighted by molar-refractivity contribution is -0.148. The fraction of sp³-hybridized carbons (Fsp3) is 0.455. The normalized spacial score (nSPS) is 13.7. The predicted molar refractivity (Wildman–Crippen MR) is 64.7 cm³/mol. The highest BCUT2D eigenvalue weighted by molar-refractivity contribution is 14.1. The van der Waals surface area contributed by atoms with Crippen LogP contribution in [-0.2, 0) is 4.74 Å². The minimum absolute atomic E-state index is 0.295. The Kier molecular flexibility index (Phi) is 5.64. The molecule has 0 spiro atoms. The van der Waals surface area contributed by atoms with E-state index < -0.39 is 31.1 Å². The number of benzene rings is 1. The molecule has 0 bridgehead atoms. The summed E-state index contributed by atoms with van der Waals surface area (Å²) in [5.74, 6) is -0.457. The van der Waals surface area contributed by atoms with Gasteiger partial charge in [0.05, 0.1) is 19.1 Å². The van der Waals surface area contributed by atoms with Crippen molar-refractivity contribution in [1.82, 2.24) is 0 Å². The van der Waals surface area contributed by atoms with Crippen LogP contribution in [0.25, 0.3) is 0 Å². The summed E-state index contributed by atoms with van der Waals surface area (Å²) in [6.45, 7) is -0.453. The summed E-state index contributed by atoms with van der Waals surface area (Å²) in [6, 6.07) is 5.94. The molecule has 0 N–H and O–H groups in total. The molecule has 1 unspecified atom stereocenters. The molecular weight excluding hydrogens is 351 g/mol. The molecule has 0 saturated carbocycles. The van der Waals surface area contributed by atoms with Crippen molar-refractivity contribution in [3.8, 4) is 0 Å². The van der Waals surface area contributed by atoms with E-state index >= 15 is 0 Å². The molecule has 0 saturated heterocycles. The van der Waals surface area contributed by atoms with E-state index in [-0.39, 0.29) is 0 Å². The zero-order chi connectivity index (χ0) is 12.9. The van der Waals surface area contributed by atoms with Crippen molar-refractivity contribution in [2.45, 2.75) is 18.7 Å². The van der Waals surface area contributed by atoms with Crippen molar-refractivity contribution in [3.05, 3.63) is 35.6 Å². The Labute approximate surface area is 110 Å². The quantitative estimate of drug-likeness (QED) is 0.432. The maximum atomic E-state index is 13.4. The molecule has 0 aromatic heterocycles. The Hall–Kier alpha value is -0.370. The smallest absolute Gasteiger partial charge is 0.372 e. The minimum atomic E-state index is -4.24. The van der Waals surface area contributed by atoms with Crippen LogP contribution in [0.3, 0.4) is 0 Å². The summed E-state index contributed by atoms with van der Waals surface area (Å²) in [5.41, 5.74) is 0.295. The van der Waals surface area contributed by atoms with Crippen LogP contribution in [0.1, 0.15) is 18.1 Å². The molecular formula is C11H11F4IO. The first-order valence-electron chi connectivity index (χ1n) is 4.93. The molecule has 0 aliphatic carbocycles. The van der Waals surface area contributed by atoms with Gasteiger partial charge >= 0.3 is 6.18 Å². The maximum Gasteiger partial charge on any atom is 0.391 e. The van der Waals surface area contributed by atoms with E-state index in [1.54, 1.807) is 6.07 Å². The molecule has 0 radical (unpaired) electrons. The summed E-state index contributed by atoms with van der Waals surface area (Å²) in [6.07, 6.45) is -5.90. The first-order chi connectivity index (χ1) is 7.94. The monoisotopic (exact) mass is 362 g/mol. The van der Waals surface area contributed by atoms with Crippen LogP contribution in [0, 0.1) is 5.82 Å². The SMILES string of the molecule is Fc1ccccc1C(CI)OCCC(F)(F)F. The topological polar surface area (TPSA) is 9.23 Å². The van der Waals surface area contributed by atoms with Gasteiger partial charge in [-0.2, -0.15) is 13.2 Å². The molecule has 0 aliphatic heterocycles. The van der Waals surface area contributed by atoms with E-state index in [1.807, 2.05) is 22.6 Å². The average molecular weight is 362 g/mol. The molecule has 6 heteroatoms. The van der Waals surface area contributed by atoms with Crippen LogP contribution in [0.4, 0.5) is 17.6 Å². The fourth-order valence-electron chi connectivity index (χ4n) is 1.27. The van der Waals surface area contributed by atoms with Gasteiger partial charge in [-0.25, -0.2) is 4.39 Å². The van der Waals surface area contributed by atoms with Gasteiger partial charge < -0.3 is 4.74 Å². The molecule has 17 heavy (non-hydrogen) atoms. The molecule has 1 aromatic carbocycles. The third kappa shape index (κ3) is 5.20. The molecule has 0 amide bonds. The molecule has 0 fully saturated rings. The molecule has 0 aliphatic rings. The van der Waals surface area contributed by atoms with Gasteiger partial charge in [-0.1, -0.05) is 40.8 Å². The molecule has 0 heterocycles. The number of alkyl halides is 4. The van der Waals surface area contributed by atoms with Crippen molar-refractivity contribution < 1.29 is 22.3 Å². The molecule has 1 aromatic rings. The lowest BCUT2D eigenvalue weighted by atomic mass is 10.1. The second kappa shape index (κ2) is 6.53. The van der Waals surface area contributed by atoms with Gasteiger partial charge in [-0.15, -0.1) is 0 Å². The molecule has 96 valence electrons. The minimum Gasteiger partial charge on any atom is -0.372 e. The summed E-state index contributed by atoms with van der Waals surface area (Å²) >= 11 is 1.96. The van der Waals surface area contributed by atoms with E-state index in [9.17, 15) is 17.6 Å². The Morgan fingerprint density at radius 3 is 2.41 bits per heavy atom. The highest BCUT2D eigenvalue weighted by Crippen LogP contribution is 2.25. The lowest BCUT2D eigenvalue weighted by Gasteiger charge is -2.17. The Balaban J connectivity index is 2.58. The number of hydrogen-bond donors (Lipinski definition) is 0. The number of rotatable bonds is 5. The van der Waals surface area contributed by atoms with Gasteiger partial charge in [-0.3, -0.25) is 0 Å². The largest absolute Gasteiger partial charge is 0.391 e. The van der Waals surface area contributed by atoms with Gasteiger partial charge in [-0.05, 0) is 6.07 Å². The van der Waals surface area contributed by atoms with Crippen LogP contribution >= 0.6 is 22.6 Å². The van der Waals surface area contributed by atoms with Crippen LogP contribution in [0.5, 0.6) is 0 Å². The highest BCUT2D eigenvalue weighted by Gasteiger charge is 2.27. The number of halogens is 5. The van der Waals surface area contributed by atoms with E-state index in [0.29, 0.717) is 9.99 Å². The maximum absolute atomic E-state index is 13.4. The first kappa shape index (κ1) is 14.7. The number of ether oxygens (including phenoxy) is 1. The highest BCUT2D eigenvalue weighted by atomic mass is 127. The fourth-order valence-corrected chi connectivity index (χ4v) is 2.00. The van der Waals surface area contributed by atoms with Crippen molar-refractivity contribution in [2.75, 3.05) is 11.0 Å². The van der Waals surface area contributed by atoms with Crippen LogP contribution in [0.15, 0.2) is 24.3 Å². The van der Waals surface area contributed by atoms with Gasteiger partial charge in [0, 0.05) is 9.99 Å². The van der Waals surface area contributed by atoms with E-state index in [4.69, 9.17) is 4.74 Å². The van der Waals surface area contributed by atoms with Crippen molar-refractivity contribution in [2.24, 2.45) is 0 Å². The van der Waals surface area contributed by atoms with Crippen molar-refractivity contribution >= 4 is 22.6 Å². The summed E-state index contributed by atoms with van der Waals surface area (Å²) in [7, 11) is 0. The predicted octanol–water partition coefficient (Wildman–Crippen LogP) is 4.27. The van der Waals surface area contributed by atoms with E-state index in [1.165, 1.54) is 18.2 Å². The van der Waals surface area contributed by atoms with Gasteiger partial charge in [0.1, 0.15) is 5.82 Å². The third-order valence-corrected chi connectivity index (χ3v) is 2.90. The summed E-state index contributed by atoms with van der Waals surface area (Å²) in [4.78, 5) is 0. The standard InChI is InChI=1S/C11H11F4IO/c12-9-4-2-1-3-8(9)10(7-16)17-6-5-11(13,14)15/h1-4,10H,5-7H2. The summed E-state index contributed by atoms with van der Waals surface area (Å²) < 4.78 is 54.7. The molecule has 1 rings (SSSR count). The van der Waals surface area contributed by atoms with Gasteiger partial charge in [0.15, 0.2) is 0 Å². The van der Waals surface area contributed by atoms with Crippen molar-refractivity contribution in [3.63, 3.8) is 0 Å². The van der Waals surface area contributed by atoms with Crippen LogP contribution in [-0.4, -0.2) is 17.2 Å². The summed E-state index contributed by atoms with van der Waals surface area (Å²) in [5, 5.41) is 0. The Morgan fingerprint density at radius 1 is 1.24 bits per heavy atom. The van der Waals surface area contributed by atoms with Crippen LogP contribution < -0.4 is 0 Å². The zero-order valence-electron chi connectivity index (χ0n) is 8.81. The lowest BCUT2D eigenvalue weighted by Crippen LogP contribution is -2.15. The average Bonchev–Trinajstić information content (AvgIpc) is 2.24. The third-order valence-electron chi connectivity index (χ3n) is 2.10. The second-order valence-electron chi connectivity index (χ2n) is 3.40. The molecule has 1 atom stereocenters. The van der Waals surface area contributed by atoms with Crippen molar-refractivity contribution in [1.29, 1.82) is 0 Å². The van der Waals surface area contributed by atoms with Crippen LogP contribution in [0.2, 0.25) is 0 Å². The van der Waals surface area contributed by atoms with Gasteiger partial charge in [0.2, 0.25) is 0 Å². The zero-order valence-corrected chi connectivity index (χ0v) is 11.0. The Bertz CT molecular complexity index is 354.